The number of phenolic OH excluding ortho intramolecular Hbond substituents is 1. The number of hydrogen-bond donors (Lipinski definition) is 2. The summed E-state index contributed by atoms with van der Waals surface area (Å²) in [6, 6.07) is 17.0. The summed E-state index contributed by atoms with van der Waals surface area (Å²) in [5, 5.41) is 14.1. The number of benzene rings is 3. The van der Waals surface area contributed by atoms with Gasteiger partial charge in [-0.3, -0.25) is 4.79 Å². The summed E-state index contributed by atoms with van der Waals surface area (Å²) in [4.78, 5) is 14.1. The number of phenols is 1. The number of halogens is 1. The minimum absolute atomic E-state index is 0.147. The maximum atomic E-state index is 13.6. The van der Waals surface area contributed by atoms with E-state index >= 15 is 0 Å². The SMILES string of the molecule is CCNCCCOc1ccc(-c2c(C(=O)c3ccc(F)cc3C)sc3cc(O)ccc23)cc1. The number of nitrogens with one attached hydrogen (secondary N) is 1. The van der Waals surface area contributed by atoms with E-state index in [1.807, 2.05) is 30.3 Å². The van der Waals surface area contributed by atoms with Crippen molar-refractivity contribution >= 4 is 27.2 Å². The van der Waals surface area contributed by atoms with Gasteiger partial charge in [0.15, 0.2) is 0 Å². The molecule has 0 aliphatic rings. The van der Waals surface area contributed by atoms with E-state index in [-0.39, 0.29) is 17.3 Å². The third kappa shape index (κ3) is 5.07. The molecule has 1 heterocycles. The smallest absolute Gasteiger partial charge is 0.203 e. The Bertz CT molecular complexity index is 1280. The van der Waals surface area contributed by atoms with Crippen LogP contribution in [0.5, 0.6) is 11.5 Å². The second-order valence-electron chi connectivity index (χ2n) is 7.85. The molecule has 4 aromatic rings. The number of thiophene rings is 1. The highest BCUT2D eigenvalue weighted by Crippen LogP contribution is 2.41. The number of aromatic hydroxyl groups is 1. The van der Waals surface area contributed by atoms with Gasteiger partial charge in [0, 0.05) is 21.2 Å². The summed E-state index contributed by atoms with van der Waals surface area (Å²) in [5.74, 6) is 0.391. The molecule has 2 N–H and O–H groups in total. The molecule has 3 aromatic carbocycles. The number of hydrogen-bond acceptors (Lipinski definition) is 5. The van der Waals surface area contributed by atoms with Gasteiger partial charge in [0.2, 0.25) is 5.78 Å². The van der Waals surface area contributed by atoms with E-state index in [0.29, 0.717) is 22.6 Å². The lowest BCUT2D eigenvalue weighted by Gasteiger charge is -2.10. The molecule has 170 valence electrons. The van der Waals surface area contributed by atoms with Crippen LogP contribution in [0.3, 0.4) is 0 Å². The average Bonchev–Trinajstić information content (AvgIpc) is 3.17. The number of fused-ring (bicyclic) bond motifs is 1. The van der Waals surface area contributed by atoms with Gasteiger partial charge in [0.25, 0.3) is 0 Å². The van der Waals surface area contributed by atoms with Crippen LogP contribution in [0.4, 0.5) is 4.39 Å². The van der Waals surface area contributed by atoms with Crippen molar-refractivity contribution in [1.82, 2.24) is 5.32 Å². The fourth-order valence-electron chi connectivity index (χ4n) is 3.82. The van der Waals surface area contributed by atoms with Crippen LogP contribution in [-0.4, -0.2) is 30.6 Å². The lowest BCUT2D eigenvalue weighted by Crippen LogP contribution is -2.16. The molecule has 33 heavy (non-hydrogen) atoms. The van der Waals surface area contributed by atoms with Crippen molar-refractivity contribution in [1.29, 1.82) is 0 Å². The first-order valence-corrected chi connectivity index (χ1v) is 11.8. The quantitative estimate of drug-likeness (QED) is 0.225. The first-order valence-electron chi connectivity index (χ1n) is 11.0. The highest BCUT2D eigenvalue weighted by molar-refractivity contribution is 7.21. The van der Waals surface area contributed by atoms with Gasteiger partial charge < -0.3 is 15.2 Å². The van der Waals surface area contributed by atoms with Crippen LogP contribution in [0, 0.1) is 12.7 Å². The molecule has 0 saturated carbocycles. The molecule has 0 fully saturated rings. The molecule has 0 spiro atoms. The second-order valence-corrected chi connectivity index (χ2v) is 8.91. The number of rotatable bonds is 9. The van der Waals surface area contributed by atoms with E-state index < -0.39 is 0 Å². The summed E-state index contributed by atoms with van der Waals surface area (Å²) < 4.78 is 20.3. The lowest BCUT2D eigenvalue weighted by atomic mass is 9.96. The van der Waals surface area contributed by atoms with Crippen LogP contribution in [0.25, 0.3) is 21.2 Å². The Balaban J connectivity index is 1.70. The molecule has 0 unspecified atom stereocenters. The Morgan fingerprint density at radius 1 is 1.09 bits per heavy atom. The molecule has 4 nitrogen and oxygen atoms in total. The fraction of sp³-hybridized carbons (Fsp3) is 0.222. The maximum Gasteiger partial charge on any atom is 0.203 e. The van der Waals surface area contributed by atoms with Crippen molar-refractivity contribution in [3.8, 4) is 22.6 Å². The van der Waals surface area contributed by atoms with Crippen LogP contribution in [0.15, 0.2) is 60.7 Å². The standard InChI is InChI=1S/C27H26FNO3S/c1-3-29-13-4-14-32-21-9-5-18(6-10-21)25-23-12-8-20(30)16-24(23)33-27(25)26(31)22-11-7-19(28)15-17(22)2/h5-12,15-16,29-30H,3-4,13-14H2,1-2H3. The van der Waals surface area contributed by atoms with Crippen molar-refractivity contribution in [3.05, 3.63) is 82.5 Å². The number of ketones is 1. The number of aryl methyl sites for hydroxylation is 1. The zero-order chi connectivity index (χ0) is 23.4. The first-order chi connectivity index (χ1) is 16.0. The monoisotopic (exact) mass is 463 g/mol. The Labute approximate surface area is 196 Å². The number of carbonyl (C=O) groups is 1. The molecule has 0 bridgehead atoms. The highest BCUT2D eigenvalue weighted by atomic mass is 32.1. The Kier molecular flexibility index (Phi) is 7.06. The first kappa shape index (κ1) is 23.0. The molecule has 0 saturated heterocycles. The fourth-order valence-corrected chi connectivity index (χ4v) is 5.03. The van der Waals surface area contributed by atoms with Crippen LogP contribution >= 0.6 is 11.3 Å². The summed E-state index contributed by atoms with van der Waals surface area (Å²) in [7, 11) is 0. The van der Waals surface area contributed by atoms with Gasteiger partial charge in [-0.25, -0.2) is 4.39 Å². The van der Waals surface area contributed by atoms with Gasteiger partial charge >= 0.3 is 0 Å². The van der Waals surface area contributed by atoms with E-state index in [1.54, 1.807) is 19.1 Å². The molecule has 0 radical (unpaired) electrons. The molecule has 1 aromatic heterocycles. The molecule has 0 atom stereocenters. The predicted molar refractivity (Wildman–Crippen MR) is 132 cm³/mol. The molecular weight excluding hydrogens is 437 g/mol. The van der Waals surface area contributed by atoms with Crippen LogP contribution < -0.4 is 10.1 Å². The molecule has 0 amide bonds. The number of ether oxygens (including phenoxy) is 1. The van der Waals surface area contributed by atoms with Gasteiger partial charge in [-0.1, -0.05) is 19.1 Å². The molecule has 0 aliphatic heterocycles. The van der Waals surface area contributed by atoms with Crippen molar-refractivity contribution < 1.29 is 19.0 Å². The summed E-state index contributed by atoms with van der Waals surface area (Å²) in [5.41, 5.74) is 2.75. The van der Waals surface area contributed by atoms with E-state index in [0.717, 1.165) is 46.5 Å². The predicted octanol–water partition coefficient (Wildman–Crippen LogP) is 6.33. The average molecular weight is 464 g/mol. The van der Waals surface area contributed by atoms with Crippen LogP contribution in [0.2, 0.25) is 0 Å². The second kappa shape index (κ2) is 10.1. The Hall–Kier alpha value is -3.22. The topological polar surface area (TPSA) is 58.6 Å². The van der Waals surface area contributed by atoms with Gasteiger partial charge in [0.05, 0.1) is 11.5 Å². The summed E-state index contributed by atoms with van der Waals surface area (Å²) >= 11 is 1.33. The highest BCUT2D eigenvalue weighted by Gasteiger charge is 2.22. The minimum Gasteiger partial charge on any atom is -0.508 e. The van der Waals surface area contributed by atoms with E-state index in [2.05, 4.69) is 12.2 Å². The van der Waals surface area contributed by atoms with Crippen molar-refractivity contribution in [3.63, 3.8) is 0 Å². The molecule has 4 rings (SSSR count). The van der Waals surface area contributed by atoms with Gasteiger partial charge in [-0.15, -0.1) is 11.3 Å². The summed E-state index contributed by atoms with van der Waals surface area (Å²) in [6.45, 7) is 6.29. The Morgan fingerprint density at radius 2 is 1.88 bits per heavy atom. The molecular formula is C27H26FNO3S. The number of carbonyl (C=O) groups excluding carboxylic acids is 1. The summed E-state index contributed by atoms with van der Waals surface area (Å²) in [6.07, 6.45) is 0.921. The van der Waals surface area contributed by atoms with Crippen LogP contribution in [0.1, 0.15) is 34.1 Å². The van der Waals surface area contributed by atoms with Crippen LogP contribution in [-0.2, 0) is 0 Å². The van der Waals surface area contributed by atoms with E-state index in [9.17, 15) is 14.3 Å². The van der Waals surface area contributed by atoms with Gasteiger partial charge in [0.1, 0.15) is 17.3 Å². The van der Waals surface area contributed by atoms with Crippen molar-refractivity contribution in [2.45, 2.75) is 20.3 Å². The van der Waals surface area contributed by atoms with Crippen molar-refractivity contribution in [2.24, 2.45) is 0 Å². The third-order valence-electron chi connectivity index (χ3n) is 5.47. The zero-order valence-electron chi connectivity index (χ0n) is 18.7. The minimum atomic E-state index is -0.369. The maximum absolute atomic E-state index is 13.6. The van der Waals surface area contributed by atoms with Gasteiger partial charge in [-0.2, -0.15) is 0 Å². The third-order valence-corrected chi connectivity index (χ3v) is 6.62. The largest absolute Gasteiger partial charge is 0.508 e. The Morgan fingerprint density at radius 3 is 2.61 bits per heavy atom. The van der Waals surface area contributed by atoms with Crippen molar-refractivity contribution in [2.75, 3.05) is 19.7 Å². The normalized spacial score (nSPS) is 11.1. The zero-order valence-corrected chi connectivity index (χ0v) is 19.5. The van der Waals surface area contributed by atoms with Gasteiger partial charge in [-0.05, 0) is 86.1 Å². The van der Waals surface area contributed by atoms with E-state index in [1.165, 1.54) is 29.5 Å². The lowest BCUT2D eigenvalue weighted by molar-refractivity contribution is 0.104. The molecule has 6 heteroatoms. The van der Waals surface area contributed by atoms with E-state index in [4.69, 9.17) is 4.74 Å². The molecule has 0 aliphatic carbocycles.